The maximum Gasteiger partial charge on any atom is 0.200 e. The zero-order chi connectivity index (χ0) is 13.1. The number of fused-ring (bicyclic) bond motifs is 1. The predicted octanol–water partition coefficient (Wildman–Crippen LogP) is 3.17. The summed E-state index contributed by atoms with van der Waals surface area (Å²) in [5.41, 5.74) is 2.72. The van der Waals surface area contributed by atoms with Crippen molar-refractivity contribution in [3.05, 3.63) is 59.7 Å². The van der Waals surface area contributed by atoms with Gasteiger partial charge in [-0.15, -0.1) is 0 Å². The number of aromatic nitrogens is 2. The Hall–Kier alpha value is -2.03. The molecule has 0 saturated heterocycles. The average molecular weight is 252 g/mol. The summed E-state index contributed by atoms with van der Waals surface area (Å²) in [5.74, 6) is 0.703. The smallest absolute Gasteiger partial charge is 0.200 e. The molecule has 2 aromatic rings. The first-order valence-electron chi connectivity index (χ1n) is 6.72. The topological polar surface area (TPSA) is 42.9 Å². The number of rotatable bonds is 3. The molecule has 1 aromatic carbocycles. The van der Waals surface area contributed by atoms with Gasteiger partial charge in [-0.1, -0.05) is 24.3 Å². The Balaban J connectivity index is 1.80. The average Bonchev–Trinajstić information content (AvgIpc) is 2.48. The molecule has 1 unspecified atom stereocenters. The zero-order valence-corrected chi connectivity index (χ0v) is 10.7. The van der Waals surface area contributed by atoms with Gasteiger partial charge in [0.25, 0.3) is 0 Å². The number of nitrogens with zero attached hydrogens (tertiary/aromatic N) is 2. The number of aryl methyl sites for hydroxylation is 1. The fourth-order valence-electron chi connectivity index (χ4n) is 2.82. The molecule has 19 heavy (non-hydrogen) atoms. The number of carbonyl (C=O) groups excluding carboxylic acids is 1. The lowest BCUT2D eigenvalue weighted by Crippen LogP contribution is -2.15. The molecule has 0 amide bonds. The molecule has 0 radical (unpaired) electrons. The maximum atomic E-state index is 12.2. The van der Waals surface area contributed by atoms with Gasteiger partial charge >= 0.3 is 0 Å². The normalized spacial score (nSPS) is 17.8. The van der Waals surface area contributed by atoms with Gasteiger partial charge in [0.15, 0.2) is 5.82 Å². The summed E-state index contributed by atoms with van der Waals surface area (Å²) in [6.07, 6.45) is 7.12. The van der Waals surface area contributed by atoms with Crippen molar-refractivity contribution >= 4 is 5.78 Å². The highest BCUT2D eigenvalue weighted by Crippen LogP contribution is 2.34. The van der Waals surface area contributed by atoms with E-state index < -0.39 is 0 Å². The van der Waals surface area contributed by atoms with Crippen molar-refractivity contribution in [3.63, 3.8) is 0 Å². The Kier molecular flexibility index (Phi) is 3.36. The number of hydrogen-bond acceptors (Lipinski definition) is 3. The van der Waals surface area contributed by atoms with Gasteiger partial charge in [-0.25, -0.2) is 9.97 Å². The highest BCUT2D eigenvalue weighted by molar-refractivity contribution is 5.92. The molecule has 3 rings (SSSR count). The summed E-state index contributed by atoms with van der Waals surface area (Å²) >= 11 is 0. The van der Waals surface area contributed by atoms with E-state index in [0.29, 0.717) is 18.2 Å². The lowest BCUT2D eigenvalue weighted by Gasteiger charge is -2.24. The molecule has 1 atom stereocenters. The van der Waals surface area contributed by atoms with Crippen LogP contribution in [0.3, 0.4) is 0 Å². The van der Waals surface area contributed by atoms with Gasteiger partial charge in [0.2, 0.25) is 5.78 Å². The van der Waals surface area contributed by atoms with Crippen molar-refractivity contribution in [1.29, 1.82) is 0 Å². The first-order valence-corrected chi connectivity index (χ1v) is 6.72. The van der Waals surface area contributed by atoms with Crippen molar-refractivity contribution < 1.29 is 4.79 Å². The van der Waals surface area contributed by atoms with Crippen LogP contribution in [0.4, 0.5) is 0 Å². The number of carbonyl (C=O) groups is 1. The molecule has 0 spiro atoms. The van der Waals surface area contributed by atoms with E-state index in [-0.39, 0.29) is 5.78 Å². The standard InChI is InChI=1S/C16H16N2O/c19-15(16-17-9-4-10-18-16)11-13-7-3-6-12-5-1-2-8-14(12)13/h1-2,4-5,8-10,13H,3,6-7,11H2. The van der Waals surface area contributed by atoms with E-state index in [1.54, 1.807) is 18.5 Å². The predicted molar refractivity (Wildman–Crippen MR) is 73.1 cm³/mol. The number of ketones is 1. The third kappa shape index (κ3) is 2.55. The minimum absolute atomic E-state index is 0.0438. The van der Waals surface area contributed by atoms with Gasteiger partial charge in [-0.05, 0) is 42.4 Å². The molecule has 96 valence electrons. The molecule has 1 aliphatic rings. The minimum atomic E-state index is 0.0438. The van der Waals surface area contributed by atoms with E-state index in [1.165, 1.54) is 11.1 Å². The lowest BCUT2D eigenvalue weighted by atomic mass is 9.80. The van der Waals surface area contributed by atoms with Gasteiger partial charge < -0.3 is 0 Å². The van der Waals surface area contributed by atoms with Crippen molar-refractivity contribution in [3.8, 4) is 0 Å². The summed E-state index contributed by atoms with van der Waals surface area (Å²) in [6.45, 7) is 0. The second-order valence-corrected chi connectivity index (χ2v) is 4.99. The highest BCUT2D eigenvalue weighted by Gasteiger charge is 2.23. The van der Waals surface area contributed by atoms with Crippen LogP contribution in [0.5, 0.6) is 0 Å². The van der Waals surface area contributed by atoms with Crippen LogP contribution in [0.2, 0.25) is 0 Å². The highest BCUT2D eigenvalue weighted by atomic mass is 16.1. The minimum Gasteiger partial charge on any atom is -0.291 e. The van der Waals surface area contributed by atoms with Crippen molar-refractivity contribution in [2.24, 2.45) is 0 Å². The molecule has 0 saturated carbocycles. The van der Waals surface area contributed by atoms with Gasteiger partial charge in [0, 0.05) is 18.8 Å². The Morgan fingerprint density at radius 1 is 1.16 bits per heavy atom. The fraction of sp³-hybridized carbons (Fsp3) is 0.312. The molecule has 3 heteroatoms. The van der Waals surface area contributed by atoms with Crippen LogP contribution in [0.15, 0.2) is 42.7 Å². The van der Waals surface area contributed by atoms with Crippen LogP contribution in [0.1, 0.15) is 46.9 Å². The van der Waals surface area contributed by atoms with E-state index in [2.05, 4.69) is 34.2 Å². The monoisotopic (exact) mass is 252 g/mol. The quantitative estimate of drug-likeness (QED) is 0.788. The van der Waals surface area contributed by atoms with Gasteiger partial charge in [0.05, 0.1) is 0 Å². The van der Waals surface area contributed by atoms with Gasteiger partial charge in [0.1, 0.15) is 0 Å². The molecule has 0 fully saturated rings. The molecular weight excluding hydrogens is 236 g/mol. The summed E-state index contributed by atoms with van der Waals surface area (Å²) in [6, 6.07) is 10.2. The van der Waals surface area contributed by atoms with Gasteiger partial charge in [-0.2, -0.15) is 0 Å². The van der Waals surface area contributed by atoms with Crippen LogP contribution < -0.4 is 0 Å². The van der Waals surface area contributed by atoms with E-state index in [0.717, 1.165) is 19.3 Å². The molecule has 1 aromatic heterocycles. The number of benzene rings is 1. The van der Waals surface area contributed by atoms with Crippen molar-refractivity contribution in [2.75, 3.05) is 0 Å². The number of hydrogen-bond donors (Lipinski definition) is 0. The second-order valence-electron chi connectivity index (χ2n) is 4.99. The zero-order valence-electron chi connectivity index (χ0n) is 10.7. The Labute approximate surface area is 112 Å². The Bertz CT molecular complexity index is 580. The van der Waals surface area contributed by atoms with E-state index in [1.807, 2.05) is 0 Å². The molecule has 0 bridgehead atoms. The summed E-state index contributed by atoms with van der Waals surface area (Å²) in [4.78, 5) is 20.3. The molecule has 0 aliphatic heterocycles. The lowest BCUT2D eigenvalue weighted by molar-refractivity contribution is 0.0961. The third-order valence-electron chi connectivity index (χ3n) is 3.74. The molecule has 0 N–H and O–H groups in total. The first kappa shape index (κ1) is 12.0. The third-order valence-corrected chi connectivity index (χ3v) is 3.74. The van der Waals surface area contributed by atoms with Crippen LogP contribution in [-0.2, 0) is 6.42 Å². The van der Waals surface area contributed by atoms with E-state index in [9.17, 15) is 4.79 Å². The SMILES string of the molecule is O=C(CC1CCCc2ccccc21)c1ncccn1. The summed E-state index contributed by atoms with van der Waals surface area (Å²) in [5, 5.41) is 0. The van der Waals surface area contributed by atoms with Gasteiger partial charge in [-0.3, -0.25) is 4.79 Å². The molecule has 3 nitrogen and oxygen atoms in total. The van der Waals surface area contributed by atoms with Crippen LogP contribution in [0.25, 0.3) is 0 Å². The maximum absolute atomic E-state index is 12.2. The second kappa shape index (κ2) is 5.31. The number of Topliss-reactive ketones (excluding diaryl/α,β-unsaturated/α-hetero) is 1. The fourth-order valence-corrected chi connectivity index (χ4v) is 2.82. The first-order chi connectivity index (χ1) is 9.34. The summed E-state index contributed by atoms with van der Waals surface area (Å²) in [7, 11) is 0. The van der Waals surface area contributed by atoms with Crippen LogP contribution in [0, 0.1) is 0 Å². The Morgan fingerprint density at radius 2 is 1.95 bits per heavy atom. The Morgan fingerprint density at radius 3 is 2.79 bits per heavy atom. The van der Waals surface area contributed by atoms with Crippen LogP contribution >= 0.6 is 0 Å². The summed E-state index contributed by atoms with van der Waals surface area (Å²) < 4.78 is 0. The van der Waals surface area contributed by atoms with E-state index in [4.69, 9.17) is 0 Å². The van der Waals surface area contributed by atoms with Crippen molar-refractivity contribution in [1.82, 2.24) is 9.97 Å². The van der Waals surface area contributed by atoms with E-state index >= 15 is 0 Å². The molecule has 1 aliphatic carbocycles. The molecular formula is C16H16N2O. The van der Waals surface area contributed by atoms with Crippen LogP contribution in [-0.4, -0.2) is 15.8 Å². The molecule has 1 heterocycles. The van der Waals surface area contributed by atoms with Crippen molar-refractivity contribution in [2.45, 2.75) is 31.6 Å². The largest absolute Gasteiger partial charge is 0.291 e.